The first kappa shape index (κ1) is 85.3. The van der Waals surface area contributed by atoms with Crippen LogP contribution in [0.3, 0.4) is 0 Å². The minimum atomic E-state index is -0.372. The van der Waals surface area contributed by atoms with Crippen molar-refractivity contribution >= 4 is 91.2 Å². The fraction of sp³-hybridized carbons (Fsp3) is 0.375. The van der Waals surface area contributed by atoms with E-state index in [1.165, 1.54) is 106 Å². The van der Waals surface area contributed by atoms with Crippen LogP contribution in [-0.4, -0.2) is 46.5 Å². The molecule has 0 N–H and O–H groups in total. The van der Waals surface area contributed by atoms with Crippen LogP contribution < -0.4 is 9.80 Å². The number of thiophene rings is 2. The molecule has 12 aromatic rings. The van der Waals surface area contributed by atoms with E-state index in [0.717, 1.165) is 193 Å². The van der Waals surface area contributed by atoms with Crippen LogP contribution in [0, 0.1) is 11.8 Å². The fourth-order valence-electron chi connectivity index (χ4n) is 21.0. The first-order valence-corrected chi connectivity index (χ1v) is 48.5. The maximum Gasteiger partial charge on any atom is 0.262 e. The second kappa shape index (κ2) is 38.7. The van der Waals surface area contributed by atoms with Gasteiger partial charge < -0.3 is 9.80 Å². The molecule has 628 valence electrons. The van der Waals surface area contributed by atoms with E-state index in [2.05, 4.69) is 284 Å². The molecule has 10 aromatic carbocycles. The highest BCUT2D eigenvalue weighted by Gasteiger charge is 2.48. The summed E-state index contributed by atoms with van der Waals surface area (Å²) in [4.78, 5) is 77.0. The van der Waals surface area contributed by atoms with Crippen molar-refractivity contribution in [3.05, 3.63) is 275 Å². The van der Waals surface area contributed by atoms with Gasteiger partial charge in [0.15, 0.2) is 0 Å². The van der Waals surface area contributed by atoms with Gasteiger partial charge in [0.1, 0.15) is 0 Å². The summed E-state index contributed by atoms with van der Waals surface area (Å²) in [7, 11) is 0. The van der Waals surface area contributed by atoms with Gasteiger partial charge in [-0.2, -0.15) is 0 Å². The molecule has 16 rings (SSSR count). The van der Waals surface area contributed by atoms with Gasteiger partial charge in [-0.3, -0.25) is 29.0 Å². The van der Waals surface area contributed by atoms with Crippen molar-refractivity contribution in [2.24, 2.45) is 11.8 Å². The van der Waals surface area contributed by atoms with Crippen molar-refractivity contribution in [3.8, 4) is 64.0 Å². The number of hydrogen-bond acceptors (Lipinski definition) is 8. The third-order valence-corrected chi connectivity index (χ3v) is 30.0. The standard InChI is InChI=1S/C112H124N4O4S2/c1-9-17-23-39-65-111(66-40-24-18-10-2)95-69-79(53-57-87(95)89-59-55-85(71-97(89)111)115(81-45-31-27-32-46-81)82-47-33-28-34-48-82)99-61-63-101(121-99)91-73-93-104-103-94(108(118)113(109(119)105(91)103)75-77(15-7)43-21-13-5)74-92(106(104)110(120)114(107(93)117)76-78(16-8)44-22-14-6)102-64-62-100(122-102)80-54-58-88-90-60-56-86(116(83-49-35-29-36-50-83)84-51-37-30-38-52-84)72-98(90)112(96(88)70-80,67-41-25-19-11-3)68-42-26-20-12-4/h27-38,45-64,69-74,77-78H,9-26,39-44,65-68,75-76H2,1-8H3. The van der Waals surface area contributed by atoms with Gasteiger partial charge in [-0.15, -0.1) is 22.7 Å². The number of unbranched alkanes of at least 4 members (excludes halogenated alkanes) is 14. The van der Waals surface area contributed by atoms with Gasteiger partial charge in [0.25, 0.3) is 23.6 Å². The van der Waals surface area contributed by atoms with Gasteiger partial charge in [-0.1, -0.05) is 306 Å². The largest absolute Gasteiger partial charge is 0.310 e. The number of anilines is 6. The van der Waals surface area contributed by atoms with Crippen LogP contribution in [0.1, 0.15) is 299 Å². The van der Waals surface area contributed by atoms with Crippen LogP contribution in [0.4, 0.5) is 34.1 Å². The Hall–Kier alpha value is -10.3. The van der Waals surface area contributed by atoms with E-state index >= 15 is 19.2 Å². The third kappa shape index (κ3) is 16.6. The lowest BCUT2D eigenvalue weighted by Gasteiger charge is -2.36. The van der Waals surface area contributed by atoms with E-state index < -0.39 is 0 Å². The molecule has 2 aromatic heterocycles. The number of rotatable bonds is 42. The molecule has 122 heavy (non-hydrogen) atoms. The van der Waals surface area contributed by atoms with Crippen molar-refractivity contribution < 1.29 is 19.2 Å². The van der Waals surface area contributed by atoms with Crippen molar-refractivity contribution in [3.63, 3.8) is 0 Å². The quantitative estimate of drug-likeness (QED) is 0.0280. The van der Waals surface area contributed by atoms with E-state index in [4.69, 9.17) is 0 Å². The maximum absolute atomic E-state index is 16.4. The average molecular weight is 1650 g/mol. The Morgan fingerprint density at radius 3 is 0.893 bits per heavy atom. The number of imide groups is 2. The Labute approximate surface area is 734 Å². The molecule has 10 heteroatoms. The normalized spacial score (nSPS) is 14.5. The lowest BCUT2D eigenvalue weighted by atomic mass is 9.70. The highest BCUT2D eigenvalue weighted by atomic mass is 32.1. The summed E-state index contributed by atoms with van der Waals surface area (Å²) in [6, 6.07) is 84.7. The summed E-state index contributed by atoms with van der Waals surface area (Å²) in [6.45, 7) is 18.5. The smallest absolute Gasteiger partial charge is 0.262 e. The van der Waals surface area contributed by atoms with Gasteiger partial charge in [0, 0.05) is 111 Å². The highest BCUT2D eigenvalue weighted by Crippen LogP contribution is 2.60. The van der Waals surface area contributed by atoms with Crippen LogP contribution in [0.2, 0.25) is 0 Å². The molecule has 4 aliphatic rings. The second-order valence-electron chi connectivity index (χ2n) is 35.4. The van der Waals surface area contributed by atoms with Gasteiger partial charge in [0.2, 0.25) is 0 Å². The van der Waals surface area contributed by atoms with Crippen LogP contribution in [0.5, 0.6) is 0 Å². The number of benzene rings is 10. The number of amides is 4. The van der Waals surface area contributed by atoms with Crippen LogP contribution in [0.25, 0.3) is 74.8 Å². The molecular formula is C112H124N4O4S2. The molecule has 0 fully saturated rings. The number of hydrogen-bond donors (Lipinski definition) is 0. The molecular weight excluding hydrogens is 1530 g/mol. The summed E-state index contributed by atoms with van der Waals surface area (Å²) in [5, 5.41) is 0.843. The van der Waals surface area contributed by atoms with Gasteiger partial charge in [0.05, 0.1) is 11.1 Å². The first-order chi connectivity index (χ1) is 59.8. The molecule has 8 nitrogen and oxygen atoms in total. The summed E-state index contributed by atoms with van der Waals surface area (Å²) in [5.74, 6) is -1.33. The van der Waals surface area contributed by atoms with E-state index in [-0.39, 0.29) is 59.4 Å². The molecule has 0 radical (unpaired) electrons. The number of para-hydroxylation sites is 4. The molecule has 2 unspecified atom stereocenters. The van der Waals surface area contributed by atoms with E-state index in [1.54, 1.807) is 22.7 Å². The Morgan fingerprint density at radius 1 is 0.279 bits per heavy atom. The van der Waals surface area contributed by atoms with Crippen molar-refractivity contribution in [1.82, 2.24) is 9.80 Å². The summed E-state index contributed by atoms with van der Waals surface area (Å²) >= 11 is 3.30. The summed E-state index contributed by atoms with van der Waals surface area (Å²) < 4.78 is 0. The Bertz CT molecular complexity index is 5250. The molecule has 2 aliphatic carbocycles. The molecule has 4 heterocycles. The Kier molecular flexibility index (Phi) is 27.0. The molecule has 0 bridgehead atoms. The topological polar surface area (TPSA) is 81.2 Å². The monoisotopic (exact) mass is 1650 g/mol. The average Bonchev–Trinajstić information content (AvgIpc) is 0.941. The molecule has 0 saturated heterocycles. The Balaban J connectivity index is 0.845. The number of carbonyl (C=O) groups excluding carboxylic acids is 4. The molecule has 2 aliphatic heterocycles. The van der Waals surface area contributed by atoms with Gasteiger partial charge in [-0.05, 0) is 227 Å². The summed E-state index contributed by atoms with van der Waals surface area (Å²) in [6.07, 6.45) is 30.1. The predicted octanol–water partition coefficient (Wildman–Crippen LogP) is 32.6. The number of fused-ring (bicyclic) bond motifs is 6. The highest BCUT2D eigenvalue weighted by molar-refractivity contribution is 7.19. The zero-order chi connectivity index (χ0) is 84.4. The third-order valence-electron chi connectivity index (χ3n) is 27.6. The zero-order valence-electron chi connectivity index (χ0n) is 73.5. The SMILES string of the molecule is CCCCCCC1(CCCCCC)c2cc(-c3ccc(-c4cc5c6c(c(-c7ccc(-c8ccc9c(c8)C(CCCCCC)(CCCCCC)c8cc(N(c%10ccccc%10)c%10ccccc%10)ccc8-9)s7)cc7c6c4C(=O)N(CC(CC)CCCC)C7=O)C(=O)N(CC(CC)CCCC)C5=O)s3)ccc2-c2ccc(N(c3ccccc3)c3ccccc3)cc21. The molecule has 0 saturated carbocycles. The molecule has 2 atom stereocenters. The van der Waals surface area contributed by atoms with Crippen molar-refractivity contribution in [1.29, 1.82) is 0 Å². The summed E-state index contributed by atoms with van der Waals surface area (Å²) in [5.41, 5.74) is 22.0. The van der Waals surface area contributed by atoms with Crippen LogP contribution >= 0.6 is 22.7 Å². The first-order valence-electron chi connectivity index (χ1n) is 46.8. The van der Waals surface area contributed by atoms with E-state index in [1.807, 2.05) is 12.1 Å². The maximum atomic E-state index is 16.4. The van der Waals surface area contributed by atoms with E-state index in [0.29, 0.717) is 44.2 Å². The van der Waals surface area contributed by atoms with Gasteiger partial charge >= 0.3 is 0 Å². The number of nitrogens with zero attached hydrogens (tertiary/aromatic N) is 4. The molecule has 4 amide bonds. The Morgan fingerprint density at radius 2 is 0.582 bits per heavy atom. The fourth-order valence-corrected chi connectivity index (χ4v) is 23.1. The van der Waals surface area contributed by atoms with E-state index in [9.17, 15) is 0 Å². The van der Waals surface area contributed by atoms with Crippen molar-refractivity contribution in [2.45, 2.75) is 246 Å². The van der Waals surface area contributed by atoms with Crippen molar-refractivity contribution in [2.75, 3.05) is 22.9 Å². The predicted molar refractivity (Wildman–Crippen MR) is 516 cm³/mol. The zero-order valence-corrected chi connectivity index (χ0v) is 75.2. The lowest BCUT2D eigenvalue weighted by molar-refractivity contribution is 0.0559. The van der Waals surface area contributed by atoms with Crippen LogP contribution in [-0.2, 0) is 10.8 Å². The minimum Gasteiger partial charge on any atom is -0.310 e. The molecule has 0 spiro atoms. The number of carbonyl (C=O) groups is 4. The second-order valence-corrected chi connectivity index (χ2v) is 37.6. The minimum absolute atomic E-state index is 0.0748. The van der Waals surface area contributed by atoms with Crippen LogP contribution in [0.15, 0.2) is 231 Å². The lowest BCUT2D eigenvalue weighted by Crippen LogP contribution is -2.46. The van der Waals surface area contributed by atoms with Gasteiger partial charge in [-0.25, -0.2) is 0 Å².